The number of fused-ring (bicyclic) bond motifs is 1. The lowest BCUT2D eigenvalue weighted by Gasteiger charge is -2.24. The molecule has 0 spiro atoms. The van der Waals surface area contributed by atoms with E-state index in [1.165, 1.54) is 41.9 Å². The number of hydrogen-bond donors (Lipinski definition) is 0. The first kappa shape index (κ1) is 30.7. The minimum atomic E-state index is -0.707. The van der Waals surface area contributed by atoms with Gasteiger partial charge in [0.25, 0.3) is 5.56 Å². The predicted molar refractivity (Wildman–Crippen MR) is 177 cm³/mol. The van der Waals surface area contributed by atoms with Crippen LogP contribution in [0.5, 0.6) is 11.5 Å². The summed E-state index contributed by atoms with van der Waals surface area (Å²) in [5, 5.41) is 1.92. The third-order valence-corrected chi connectivity index (χ3v) is 9.53. The number of carbonyl (C=O) groups excluding carboxylic acids is 1. The number of halogens is 2. The Kier molecular flexibility index (Phi) is 9.11. The van der Waals surface area contributed by atoms with Crippen molar-refractivity contribution in [2.24, 2.45) is 4.99 Å². The highest BCUT2D eigenvalue weighted by Crippen LogP contribution is 2.38. The topological polar surface area (TPSA) is 79.1 Å². The summed E-state index contributed by atoms with van der Waals surface area (Å²) in [4.78, 5) is 33.8. The van der Waals surface area contributed by atoms with Crippen LogP contribution in [0, 0.1) is 5.82 Å². The van der Waals surface area contributed by atoms with E-state index in [0.717, 1.165) is 16.0 Å². The van der Waals surface area contributed by atoms with Crippen LogP contribution in [0.15, 0.2) is 104 Å². The molecule has 0 aliphatic carbocycles. The fourth-order valence-corrected chi connectivity index (χ4v) is 7.41. The van der Waals surface area contributed by atoms with Gasteiger partial charge in [0.1, 0.15) is 18.5 Å². The van der Waals surface area contributed by atoms with Gasteiger partial charge in [-0.05, 0) is 75.8 Å². The number of thiazole rings is 1. The van der Waals surface area contributed by atoms with Gasteiger partial charge in [-0.25, -0.2) is 14.2 Å². The molecule has 1 atom stereocenters. The van der Waals surface area contributed by atoms with Crippen LogP contribution in [0.1, 0.15) is 34.5 Å². The smallest absolute Gasteiger partial charge is 0.338 e. The molecule has 0 saturated carbocycles. The molecule has 1 aliphatic rings. The van der Waals surface area contributed by atoms with E-state index in [2.05, 4.69) is 15.9 Å². The maximum atomic E-state index is 14.1. The second kappa shape index (κ2) is 13.4. The molecular formula is C34H26BrFN2O5S2. The Morgan fingerprint density at radius 2 is 1.87 bits per heavy atom. The van der Waals surface area contributed by atoms with Crippen LogP contribution in [0.2, 0.25) is 0 Å². The summed E-state index contributed by atoms with van der Waals surface area (Å²) in [5.41, 5.74) is 2.76. The average Bonchev–Trinajstić information content (AvgIpc) is 3.69. The predicted octanol–water partition coefficient (Wildman–Crippen LogP) is 6.49. The summed E-state index contributed by atoms with van der Waals surface area (Å²) < 4.78 is 33.1. The van der Waals surface area contributed by atoms with E-state index in [0.29, 0.717) is 42.1 Å². The molecule has 0 bridgehead atoms. The summed E-state index contributed by atoms with van der Waals surface area (Å²) in [6, 6.07) is 22.2. The molecule has 11 heteroatoms. The number of methoxy groups -OCH3 is 1. The third kappa shape index (κ3) is 6.28. The van der Waals surface area contributed by atoms with Crippen molar-refractivity contribution in [1.82, 2.24) is 4.57 Å². The van der Waals surface area contributed by atoms with E-state index < -0.39 is 12.0 Å². The molecule has 6 rings (SSSR count). The minimum Gasteiger partial charge on any atom is -0.493 e. The van der Waals surface area contributed by atoms with E-state index in [4.69, 9.17) is 19.2 Å². The summed E-state index contributed by atoms with van der Waals surface area (Å²) in [6.45, 7) is 2.15. The van der Waals surface area contributed by atoms with Gasteiger partial charge in [-0.3, -0.25) is 9.36 Å². The second-order valence-corrected chi connectivity index (χ2v) is 12.7. The first-order chi connectivity index (χ1) is 21.9. The van der Waals surface area contributed by atoms with E-state index in [1.807, 2.05) is 53.9 Å². The standard InChI is InChI=1S/C34H26BrFN2O5S2/c1-3-42-33(40)28-29(22-8-5-4-6-9-22)37-34-38(30(28)26-10-7-15-44-26)32(39)27(45-34)18-21-16-24(35)31(25(17-21)41-2)43-19-20-11-13-23(36)14-12-20/h4-18,30H,3,19H2,1-2H3/b27-18-/t30-/m1/s1. The van der Waals surface area contributed by atoms with Crippen LogP contribution < -0.4 is 24.4 Å². The minimum absolute atomic E-state index is 0.187. The number of rotatable bonds is 9. The molecule has 45 heavy (non-hydrogen) atoms. The van der Waals surface area contributed by atoms with Crippen molar-refractivity contribution >= 4 is 56.3 Å². The number of hydrogen-bond acceptors (Lipinski definition) is 8. The fraction of sp³-hybridized carbons (Fsp3) is 0.147. The van der Waals surface area contributed by atoms with Gasteiger partial charge in [-0.15, -0.1) is 11.3 Å². The van der Waals surface area contributed by atoms with E-state index in [9.17, 15) is 14.0 Å². The highest BCUT2D eigenvalue weighted by atomic mass is 79.9. The summed E-state index contributed by atoms with van der Waals surface area (Å²) in [5.74, 6) is 0.0996. The Hall–Kier alpha value is -4.32. The molecule has 3 aromatic carbocycles. The van der Waals surface area contributed by atoms with Crippen LogP contribution in [0.4, 0.5) is 4.39 Å². The van der Waals surface area contributed by atoms with Crippen molar-refractivity contribution in [3.63, 3.8) is 0 Å². The van der Waals surface area contributed by atoms with Crippen molar-refractivity contribution in [2.75, 3.05) is 13.7 Å². The second-order valence-electron chi connectivity index (χ2n) is 9.90. The molecule has 1 aliphatic heterocycles. The van der Waals surface area contributed by atoms with Crippen molar-refractivity contribution in [2.45, 2.75) is 19.6 Å². The SMILES string of the molecule is CCOC(=O)C1=C(c2ccccc2)N=c2s/c(=C\c3cc(Br)c(OCc4ccc(F)cc4)c(OC)c3)c(=O)n2[C@@H]1c1cccs1. The Morgan fingerprint density at radius 1 is 1.09 bits per heavy atom. The Balaban J connectivity index is 1.46. The van der Waals surface area contributed by atoms with Crippen LogP contribution in [-0.4, -0.2) is 24.3 Å². The van der Waals surface area contributed by atoms with Gasteiger partial charge in [0, 0.05) is 10.4 Å². The largest absolute Gasteiger partial charge is 0.493 e. The van der Waals surface area contributed by atoms with Crippen LogP contribution in [0.3, 0.4) is 0 Å². The molecular weight excluding hydrogens is 679 g/mol. The fourth-order valence-electron chi connectivity index (χ4n) is 5.01. The zero-order valence-corrected chi connectivity index (χ0v) is 27.4. The Labute approximate surface area is 274 Å². The summed E-state index contributed by atoms with van der Waals surface area (Å²) in [7, 11) is 1.53. The zero-order chi connectivity index (χ0) is 31.5. The number of thiophene rings is 1. The molecule has 0 radical (unpaired) electrons. The van der Waals surface area contributed by atoms with Crippen LogP contribution in [-0.2, 0) is 16.1 Å². The zero-order valence-electron chi connectivity index (χ0n) is 24.2. The third-order valence-electron chi connectivity index (χ3n) is 7.03. The van der Waals surface area contributed by atoms with Gasteiger partial charge in [0.15, 0.2) is 16.3 Å². The monoisotopic (exact) mass is 704 g/mol. The van der Waals surface area contributed by atoms with Gasteiger partial charge in [-0.1, -0.05) is 59.9 Å². The summed E-state index contributed by atoms with van der Waals surface area (Å²) >= 11 is 6.28. The number of ether oxygens (including phenoxy) is 3. The summed E-state index contributed by atoms with van der Waals surface area (Å²) in [6.07, 6.45) is 1.77. The lowest BCUT2D eigenvalue weighted by Crippen LogP contribution is -2.39. The molecule has 0 fully saturated rings. The first-order valence-electron chi connectivity index (χ1n) is 13.9. The van der Waals surface area contributed by atoms with Crippen LogP contribution in [0.25, 0.3) is 11.8 Å². The highest BCUT2D eigenvalue weighted by molar-refractivity contribution is 9.10. The first-order valence-corrected chi connectivity index (χ1v) is 16.4. The molecule has 2 aromatic heterocycles. The van der Waals surface area contributed by atoms with Crippen LogP contribution >= 0.6 is 38.6 Å². The maximum absolute atomic E-state index is 14.1. The number of nitrogens with zero attached hydrogens (tertiary/aromatic N) is 2. The molecule has 0 saturated heterocycles. The van der Waals surface area contributed by atoms with Gasteiger partial charge in [0.2, 0.25) is 0 Å². The quantitative estimate of drug-likeness (QED) is 0.164. The average molecular weight is 706 g/mol. The maximum Gasteiger partial charge on any atom is 0.338 e. The molecule has 0 unspecified atom stereocenters. The van der Waals surface area contributed by atoms with Gasteiger partial charge < -0.3 is 14.2 Å². The highest BCUT2D eigenvalue weighted by Gasteiger charge is 2.35. The molecule has 0 amide bonds. The van der Waals surface area contributed by atoms with Crippen molar-refractivity contribution in [3.05, 3.63) is 141 Å². The molecule has 5 aromatic rings. The Morgan fingerprint density at radius 3 is 2.56 bits per heavy atom. The van der Waals surface area contributed by atoms with E-state index in [-0.39, 0.29) is 24.6 Å². The number of esters is 1. The van der Waals surface area contributed by atoms with Crippen molar-refractivity contribution < 1.29 is 23.4 Å². The Bertz CT molecular complexity index is 2070. The van der Waals surface area contributed by atoms with E-state index in [1.54, 1.807) is 35.8 Å². The normalized spacial score (nSPS) is 14.6. The lowest BCUT2D eigenvalue weighted by molar-refractivity contribution is -0.138. The number of benzene rings is 3. The molecule has 228 valence electrons. The van der Waals surface area contributed by atoms with Gasteiger partial charge >= 0.3 is 5.97 Å². The molecule has 0 N–H and O–H groups in total. The van der Waals surface area contributed by atoms with E-state index >= 15 is 0 Å². The van der Waals surface area contributed by atoms with Gasteiger partial charge in [-0.2, -0.15) is 0 Å². The lowest BCUT2D eigenvalue weighted by atomic mass is 9.97. The molecule has 3 heterocycles. The molecule has 7 nitrogen and oxygen atoms in total. The van der Waals surface area contributed by atoms with Crippen molar-refractivity contribution in [3.8, 4) is 11.5 Å². The number of carbonyl (C=O) groups is 1. The number of aromatic nitrogens is 1. The van der Waals surface area contributed by atoms with Gasteiger partial charge in [0.05, 0.1) is 34.0 Å². The van der Waals surface area contributed by atoms with Crippen molar-refractivity contribution in [1.29, 1.82) is 0 Å².